The average Bonchev–Trinajstić information content (AvgIpc) is 2.38. The molecule has 0 aliphatic carbocycles. The fourth-order valence-electron chi connectivity index (χ4n) is 1.96. The van der Waals surface area contributed by atoms with Crippen molar-refractivity contribution in [1.29, 1.82) is 0 Å². The van der Waals surface area contributed by atoms with Crippen molar-refractivity contribution in [2.24, 2.45) is 0 Å². The van der Waals surface area contributed by atoms with Crippen LogP contribution in [-0.4, -0.2) is 12.2 Å². The van der Waals surface area contributed by atoms with Gasteiger partial charge in [0.2, 0.25) is 0 Å². The molecule has 0 saturated carbocycles. The lowest BCUT2D eigenvalue weighted by Gasteiger charge is -2.17. The summed E-state index contributed by atoms with van der Waals surface area (Å²) in [6, 6.07) is 11.1. The largest absolute Gasteiger partial charge is 0.496 e. The lowest BCUT2D eigenvalue weighted by Crippen LogP contribution is -2.03. The van der Waals surface area contributed by atoms with Gasteiger partial charge in [0, 0.05) is 20.6 Å². The summed E-state index contributed by atoms with van der Waals surface area (Å²) in [5.41, 5.74) is 2.43. The average molecular weight is 342 g/mol. The number of benzene rings is 2. The first-order valence-corrected chi connectivity index (χ1v) is 6.97. The Hall–Kier alpha value is -1.03. The summed E-state index contributed by atoms with van der Waals surface area (Å²) < 4.78 is 6.17. The highest BCUT2D eigenvalue weighted by atomic mass is 79.9. The van der Waals surface area contributed by atoms with E-state index in [1.807, 2.05) is 31.2 Å². The van der Waals surface area contributed by atoms with Crippen molar-refractivity contribution < 1.29 is 9.84 Å². The van der Waals surface area contributed by atoms with Crippen LogP contribution in [-0.2, 0) is 0 Å². The first-order chi connectivity index (χ1) is 9.02. The molecule has 19 heavy (non-hydrogen) atoms. The number of methoxy groups -OCH3 is 1. The molecule has 2 aromatic rings. The first kappa shape index (κ1) is 14.4. The molecule has 0 aromatic heterocycles. The Morgan fingerprint density at radius 1 is 1.16 bits per heavy atom. The van der Waals surface area contributed by atoms with Crippen LogP contribution >= 0.6 is 27.5 Å². The van der Waals surface area contributed by atoms with Crippen molar-refractivity contribution >= 4 is 27.5 Å². The van der Waals surface area contributed by atoms with Gasteiger partial charge in [-0.2, -0.15) is 0 Å². The topological polar surface area (TPSA) is 29.5 Å². The molecule has 0 heterocycles. The summed E-state index contributed by atoms with van der Waals surface area (Å²) in [4.78, 5) is 0. The zero-order chi connectivity index (χ0) is 14.0. The Kier molecular flexibility index (Phi) is 4.50. The molecule has 2 nitrogen and oxygen atoms in total. The third-order valence-electron chi connectivity index (χ3n) is 2.94. The van der Waals surface area contributed by atoms with Gasteiger partial charge in [-0.3, -0.25) is 0 Å². The summed E-state index contributed by atoms with van der Waals surface area (Å²) in [5.74, 6) is 0.650. The van der Waals surface area contributed by atoms with Crippen LogP contribution in [0.3, 0.4) is 0 Å². The number of ether oxygens (including phenoxy) is 1. The summed E-state index contributed by atoms with van der Waals surface area (Å²) in [6.45, 7) is 1.97. The lowest BCUT2D eigenvalue weighted by atomic mass is 9.99. The van der Waals surface area contributed by atoms with E-state index in [0.717, 1.165) is 10.0 Å². The zero-order valence-corrected chi connectivity index (χ0v) is 13.0. The molecule has 0 aliphatic rings. The molecule has 4 heteroatoms. The van der Waals surface area contributed by atoms with Gasteiger partial charge in [-0.05, 0) is 31.2 Å². The molecular weight excluding hydrogens is 328 g/mol. The molecule has 2 rings (SSSR count). The fraction of sp³-hybridized carbons (Fsp3) is 0.200. The number of aliphatic hydroxyl groups is 1. The van der Waals surface area contributed by atoms with Crippen LogP contribution in [0.5, 0.6) is 5.75 Å². The normalized spacial score (nSPS) is 12.3. The van der Waals surface area contributed by atoms with Crippen molar-refractivity contribution in [3.05, 3.63) is 62.6 Å². The molecule has 0 radical (unpaired) electrons. The zero-order valence-electron chi connectivity index (χ0n) is 10.7. The summed E-state index contributed by atoms with van der Waals surface area (Å²) in [6.07, 6.45) is -0.810. The lowest BCUT2D eigenvalue weighted by molar-refractivity contribution is 0.214. The maximum atomic E-state index is 10.5. The number of halogens is 2. The van der Waals surface area contributed by atoms with E-state index in [0.29, 0.717) is 21.9 Å². The molecule has 1 unspecified atom stereocenters. The fourth-order valence-corrected chi connectivity index (χ4v) is 2.74. The second-order valence-corrected chi connectivity index (χ2v) is 5.64. The van der Waals surface area contributed by atoms with Gasteiger partial charge in [0.1, 0.15) is 11.9 Å². The number of aryl methyl sites for hydroxylation is 1. The maximum absolute atomic E-state index is 10.5. The molecule has 2 aromatic carbocycles. The minimum atomic E-state index is -0.810. The van der Waals surface area contributed by atoms with Crippen LogP contribution in [0.2, 0.25) is 5.02 Å². The Balaban J connectivity index is 2.49. The van der Waals surface area contributed by atoms with Crippen molar-refractivity contribution in [3.63, 3.8) is 0 Å². The van der Waals surface area contributed by atoms with Gasteiger partial charge in [-0.15, -0.1) is 0 Å². The quantitative estimate of drug-likeness (QED) is 0.890. The van der Waals surface area contributed by atoms with Gasteiger partial charge in [-0.25, -0.2) is 0 Å². The van der Waals surface area contributed by atoms with Crippen LogP contribution < -0.4 is 4.74 Å². The molecule has 0 fully saturated rings. The Labute approximate surface area is 126 Å². The van der Waals surface area contributed by atoms with E-state index in [-0.39, 0.29) is 0 Å². The van der Waals surface area contributed by atoms with Crippen LogP contribution in [0.15, 0.2) is 40.9 Å². The van der Waals surface area contributed by atoms with Crippen LogP contribution in [0.1, 0.15) is 22.8 Å². The molecule has 0 saturated heterocycles. The molecule has 1 atom stereocenters. The Morgan fingerprint density at radius 3 is 2.53 bits per heavy atom. The summed E-state index contributed by atoms with van der Waals surface area (Å²) >= 11 is 9.53. The van der Waals surface area contributed by atoms with E-state index in [1.165, 1.54) is 0 Å². The van der Waals surface area contributed by atoms with E-state index in [9.17, 15) is 5.11 Å². The van der Waals surface area contributed by atoms with Crippen LogP contribution in [0.4, 0.5) is 0 Å². The van der Waals surface area contributed by atoms with Crippen molar-refractivity contribution in [3.8, 4) is 5.75 Å². The van der Waals surface area contributed by atoms with Gasteiger partial charge in [-0.1, -0.05) is 45.2 Å². The summed E-state index contributed by atoms with van der Waals surface area (Å²) in [7, 11) is 1.59. The van der Waals surface area contributed by atoms with Crippen LogP contribution in [0, 0.1) is 6.92 Å². The minimum Gasteiger partial charge on any atom is -0.496 e. The predicted octanol–water partition coefficient (Wildman–Crippen LogP) is 4.50. The molecule has 0 amide bonds. The van der Waals surface area contributed by atoms with E-state index in [4.69, 9.17) is 16.3 Å². The SMILES string of the molecule is COc1ccc(C)cc1C(O)c1ccc(Br)cc1Cl. The monoisotopic (exact) mass is 340 g/mol. The number of hydrogen-bond donors (Lipinski definition) is 1. The van der Waals surface area contributed by atoms with Gasteiger partial charge in [0.25, 0.3) is 0 Å². The van der Waals surface area contributed by atoms with Gasteiger partial charge in [0.15, 0.2) is 0 Å². The van der Waals surface area contributed by atoms with Gasteiger partial charge in [0.05, 0.1) is 7.11 Å². The number of aliphatic hydroxyl groups excluding tert-OH is 1. The highest BCUT2D eigenvalue weighted by Gasteiger charge is 2.18. The Morgan fingerprint density at radius 2 is 1.89 bits per heavy atom. The van der Waals surface area contributed by atoms with Gasteiger partial charge >= 0.3 is 0 Å². The number of hydrogen-bond acceptors (Lipinski definition) is 2. The van der Waals surface area contributed by atoms with E-state index >= 15 is 0 Å². The molecule has 0 spiro atoms. The van der Waals surface area contributed by atoms with E-state index in [2.05, 4.69) is 15.9 Å². The predicted molar refractivity (Wildman–Crippen MR) is 80.9 cm³/mol. The molecule has 0 aliphatic heterocycles. The van der Waals surface area contributed by atoms with E-state index in [1.54, 1.807) is 19.2 Å². The maximum Gasteiger partial charge on any atom is 0.125 e. The highest BCUT2D eigenvalue weighted by Crippen LogP contribution is 2.35. The van der Waals surface area contributed by atoms with Crippen molar-refractivity contribution in [2.45, 2.75) is 13.0 Å². The first-order valence-electron chi connectivity index (χ1n) is 5.80. The third kappa shape index (κ3) is 3.11. The minimum absolute atomic E-state index is 0.519. The van der Waals surface area contributed by atoms with Gasteiger partial charge < -0.3 is 9.84 Å². The standard InChI is InChI=1S/C15H14BrClO2/c1-9-3-6-14(19-2)12(7-9)15(18)11-5-4-10(16)8-13(11)17/h3-8,15,18H,1-2H3. The second kappa shape index (κ2) is 5.95. The second-order valence-electron chi connectivity index (χ2n) is 4.31. The third-order valence-corrected chi connectivity index (χ3v) is 3.76. The Bertz CT molecular complexity index is 599. The smallest absolute Gasteiger partial charge is 0.125 e. The van der Waals surface area contributed by atoms with Crippen LogP contribution in [0.25, 0.3) is 0 Å². The van der Waals surface area contributed by atoms with Crippen molar-refractivity contribution in [2.75, 3.05) is 7.11 Å². The highest BCUT2D eigenvalue weighted by molar-refractivity contribution is 9.10. The molecule has 1 N–H and O–H groups in total. The molecule has 0 bridgehead atoms. The molecule has 100 valence electrons. The number of rotatable bonds is 3. The summed E-state index contributed by atoms with van der Waals surface area (Å²) in [5, 5.41) is 11.0. The van der Waals surface area contributed by atoms with E-state index < -0.39 is 6.10 Å². The van der Waals surface area contributed by atoms with Crippen molar-refractivity contribution in [1.82, 2.24) is 0 Å². The molecular formula is C15H14BrClO2.